The van der Waals surface area contributed by atoms with Crippen molar-refractivity contribution >= 4 is 38.3 Å². The van der Waals surface area contributed by atoms with Gasteiger partial charge >= 0.3 is 20.7 Å². The summed E-state index contributed by atoms with van der Waals surface area (Å²) in [4.78, 5) is 7.19. The minimum Gasteiger partial charge on any atom is -0.275 e. The molecule has 0 bridgehead atoms. The molecule has 0 amide bonds. The number of rotatable bonds is 3. The summed E-state index contributed by atoms with van der Waals surface area (Å²) < 4.78 is 30.4. The number of hydrogen-bond donors (Lipinski definition) is 0. The first-order chi connectivity index (χ1) is 13.4. The van der Waals surface area contributed by atoms with Gasteiger partial charge in [-0.1, -0.05) is 21.2 Å². The Hall–Kier alpha value is -3.31. The van der Waals surface area contributed by atoms with Crippen molar-refractivity contribution < 1.29 is 13.4 Å². The number of hydrogen-bond acceptors (Lipinski definition) is 6. The van der Waals surface area contributed by atoms with E-state index < -0.39 is 10.0 Å². The second kappa shape index (κ2) is 5.84. The zero-order valence-electron chi connectivity index (χ0n) is 14.4. The molecule has 5 rings (SSSR count). The Kier molecular flexibility index (Phi) is 3.51. The highest BCUT2D eigenvalue weighted by molar-refractivity contribution is 7.90. The molecular formula is C16H12ClN8O2S+. The first-order valence-corrected chi connectivity index (χ1v) is 9.90. The fourth-order valence-electron chi connectivity index (χ4n) is 2.95. The van der Waals surface area contributed by atoms with Crippen LogP contribution in [0, 0.1) is 0 Å². The van der Waals surface area contributed by atoms with Gasteiger partial charge in [-0.2, -0.15) is 18.6 Å². The van der Waals surface area contributed by atoms with Crippen LogP contribution in [0.3, 0.4) is 0 Å². The van der Waals surface area contributed by atoms with Crippen LogP contribution >= 0.6 is 11.6 Å². The highest BCUT2D eigenvalue weighted by Crippen LogP contribution is 2.24. The SMILES string of the molecule is Cn1cc(-c2cnc3cnn(S(=O)(=O)c4c[nH+]c5ccc(Cl)nn45)c3c2)cn1. The Morgan fingerprint density at radius 2 is 1.96 bits per heavy atom. The maximum Gasteiger partial charge on any atom is 0.327 e. The molecule has 1 N–H and O–H groups in total. The van der Waals surface area contributed by atoms with Crippen LogP contribution in [-0.4, -0.2) is 42.0 Å². The molecule has 0 atom stereocenters. The van der Waals surface area contributed by atoms with E-state index in [1.807, 2.05) is 6.20 Å². The van der Waals surface area contributed by atoms with Gasteiger partial charge in [0.15, 0.2) is 11.3 Å². The molecule has 0 aromatic carbocycles. The quantitative estimate of drug-likeness (QED) is 0.437. The van der Waals surface area contributed by atoms with Gasteiger partial charge in [-0.15, -0.1) is 4.09 Å². The molecule has 0 unspecified atom stereocenters. The molecule has 0 saturated carbocycles. The van der Waals surface area contributed by atoms with Gasteiger partial charge < -0.3 is 0 Å². The van der Waals surface area contributed by atoms with Crippen LogP contribution in [0.5, 0.6) is 0 Å². The van der Waals surface area contributed by atoms with E-state index in [-0.39, 0.29) is 10.2 Å². The highest BCUT2D eigenvalue weighted by atomic mass is 35.5. The summed E-state index contributed by atoms with van der Waals surface area (Å²) in [6, 6.07) is 4.92. The zero-order chi connectivity index (χ0) is 19.5. The van der Waals surface area contributed by atoms with E-state index in [2.05, 4.69) is 25.3 Å². The lowest BCUT2D eigenvalue weighted by molar-refractivity contribution is -0.345. The minimum atomic E-state index is -4.06. The number of nitrogens with zero attached hydrogens (tertiary/aromatic N) is 7. The maximum atomic E-state index is 13.3. The van der Waals surface area contributed by atoms with E-state index in [1.54, 1.807) is 42.3 Å². The molecule has 5 aromatic heterocycles. The number of halogens is 1. The van der Waals surface area contributed by atoms with Crippen molar-refractivity contribution in [3.05, 3.63) is 54.3 Å². The molecule has 0 radical (unpaired) electrons. The first kappa shape index (κ1) is 16.8. The Balaban J connectivity index is 1.72. The summed E-state index contributed by atoms with van der Waals surface area (Å²) in [6.07, 6.45) is 7.90. The molecule has 10 nitrogen and oxygen atoms in total. The smallest absolute Gasteiger partial charge is 0.275 e. The number of pyridine rings is 1. The van der Waals surface area contributed by atoms with Crippen LogP contribution in [0.2, 0.25) is 5.15 Å². The minimum absolute atomic E-state index is 0.0956. The summed E-state index contributed by atoms with van der Waals surface area (Å²) in [5.41, 5.74) is 2.82. The Labute approximate surface area is 163 Å². The van der Waals surface area contributed by atoms with E-state index in [1.165, 1.54) is 16.9 Å². The summed E-state index contributed by atoms with van der Waals surface area (Å²) in [7, 11) is -2.26. The molecule has 0 aliphatic heterocycles. The Morgan fingerprint density at radius 1 is 1.11 bits per heavy atom. The lowest BCUT2D eigenvalue weighted by atomic mass is 10.1. The van der Waals surface area contributed by atoms with Crippen LogP contribution in [0.1, 0.15) is 0 Å². The average Bonchev–Trinajstić information content (AvgIpc) is 3.38. The monoisotopic (exact) mass is 415 g/mol. The van der Waals surface area contributed by atoms with Gasteiger partial charge in [0.05, 0.1) is 12.4 Å². The van der Waals surface area contributed by atoms with Gasteiger partial charge in [0.25, 0.3) is 0 Å². The third kappa shape index (κ3) is 2.47. The van der Waals surface area contributed by atoms with E-state index in [0.29, 0.717) is 16.7 Å². The van der Waals surface area contributed by atoms with Crippen molar-refractivity contribution in [1.82, 2.24) is 33.6 Å². The van der Waals surface area contributed by atoms with Gasteiger partial charge in [-0.3, -0.25) is 9.67 Å². The largest absolute Gasteiger partial charge is 0.327 e. The van der Waals surface area contributed by atoms with Gasteiger partial charge in [0, 0.05) is 36.6 Å². The molecule has 0 saturated heterocycles. The van der Waals surface area contributed by atoms with Crippen molar-refractivity contribution in [3.8, 4) is 11.1 Å². The van der Waals surface area contributed by atoms with E-state index in [0.717, 1.165) is 15.2 Å². The van der Waals surface area contributed by atoms with Crippen molar-refractivity contribution in [2.45, 2.75) is 5.03 Å². The molecule has 5 heterocycles. The van der Waals surface area contributed by atoms with E-state index in [9.17, 15) is 8.42 Å². The summed E-state index contributed by atoms with van der Waals surface area (Å²) in [6.45, 7) is 0. The summed E-state index contributed by atoms with van der Waals surface area (Å²) in [5.74, 6) is 0. The fraction of sp³-hybridized carbons (Fsp3) is 0.0625. The van der Waals surface area contributed by atoms with Gasteiger partial charge in [-0.05, 0) is 12.1 Å². The molecule has 28 heavy (non-hydrogen) atoms. The van der Waals surface area contributed by atoms with Crippen molar-refractivity contribution in [2.24, 2.45) is 7.05 Å². The predicted octanol–water partition coefficient (Wildman–Crippen LogP) is 1.18. The van der Waals surface area contributed by atoms with Crippen LogP contribution in [0.15, 0.2) is 54.2 Å². The Morgan fingerprint density at radius 3 is 2.75 bits per heavy atom. The molecule has 5 aromatic rings. The van der Waals surface area contributed by atoms with Crippen LogP contribution in [0.25, 0.3) is 27.8 Å². The van der Waals surface area contributed by atoms with Crippen molar-refractivity contribution in [2.75, 3.05) is 0 Å². The number of nitrogens with one attached hydrogen (secondary N) is 1. The molecule has 140 valence electrons. The summed E-state index contributed by atoms with van der Waals surface area (Å²) >= 11 is 5.93. The van der Waals surface area contributed by atoms with Gasteiger partial charge in [-0.25, -0.2) is 4.98 Å². The lowest BCUT2D eigenvalue weighted by Gasteiger charge is -2.03. The molecule has 0 fully saturated rings. The first-order valence-electron chi connectivity index (χ1n) is 8.08. The van der Waals surface area contributed by atoms with Crippen LogP contribution in [0.4, 0.5) is 0 Å². The van der Waals surface area contributed by atoms with Crippen molar-refractivity contribution in [1.29, 1.82) is 0 Å². The number of H-pyrrole nitrogens is 1. The third-order valence-electron chi connectivity index (χ3n) is 4.27. The molecule has 0 spiro atoms. The maximum absolute atomic E-state index is 13.3. The van der Waals surface area contributed by atoms with Crippen LogP contribution in [-0.2, 0) is 17.1 Å². The van der Waals surface area contributed by atoms with Gasteiger partial charge in [0.1, 0.15) is 11.0 Å². The fourth-order valence-corrected chi connectivity index (χ4v) is 4.41. The van der Waals surface area contributed by atoms with E-state index >= 15 is 0 Å². The molecule has 0 aliphatic rings. The highest BCUT2D eigenvalue weighted by Gasteiger charge is 2.31. The molecule has 0 aliphatic carbocycles. The van der Waals surface area contributed by atoms with Crippen molar-refractivity contribution in [3.63, 3.8) is 0 Å². The number of aromatic nitrogens is 8. The average molecular weight is 416 g/mol. The Bertz CT molecular complexity index is 1470. The molecule has 12 heteroatoms. The number of aromatic amines is 1. The zero-order valence-corrected chi connectivity index (χ0v) is 15.9. The molecular weight excluding hydrogens is 404 g/mol. The van der Waals surface area contributed by atoms with Crippen LogP contribution < -0.4 is 4.98 Å². The third-order valence-corrected chi connectivity index (χ3v) is 6.04. The predicted molar refractivity (Wildman–Crippen MR) is 99.1 cm³/mol. The second-order valence-corrected chi connectivity index (χ2v) is 8.21. The topological polar surface area (TPSA) is 114 Å². The van der Waals surface area contributed by atoms with E-state index in [4.69, 9.17) is 11.6 Å². The second-order valence-electron chi connectivity index (χ2n) is 6.10. The number of fused-ring (bicyclic) bond motifs is 2. The lowest BCUT2D eigenvalue weighted by Crippen LogP contribution is -2.17. The number of aryl methyl sites for hydroxylation is 1. The summed E-state index contributed by atoms with van der Waals surface area (Å²) in [5, 5.41) is 12.3. The van der Waals surface area contributed by atoms with Gasteiger partial charge in [0.2, 0.25) is 0 Å². The normalized spacial score (nSPS) is 12.2. The number of imidazole rings is 1. The standard InChI is InChI=1S/C16H11ClN8O2S/c1-23-9-11(6-20-23)10-4-13-12(18-5-10)7-21-25(13)28(26,27)16-8-19-15-3-2-14(17)22-24(15)16/h2-9H,1H3/p+1.